The standard InChI is InChI=1S/C16H9BrN2O5/c17-10-3-1-2-9(6-10)14(20)8-13-16(21)24-15-7-11(19(22)23)4-5-12(15)18-13/h1-8,20H/b14-8-. The Morgan fingerprint density at radius 1 is 1.29 bits per heavy atom. The molecule has 0 amide bonds. The number of benzene rings is 2. The lowest BCUT2D eigenvalue weighted by Crippen LogP contribution is -2.06. The van der Waals surface area contributed by atoms with Crippen LogP contribution in [-0.4, -0.2) is 15.0 Å². The van der Waals surface area contributed by atoms with Crippen LogP contribution in [0.1, 0.15) is 11.3 Å². The molecule has 0 saturated carbocycles. The summed E-state index contributed by atoms with van der Waals surface area (Å²) in [6.45, 7) is 0. The van der Waals surface area contributed by atoms with Gasteiger partial charge >= 0.3 is 5.63 Å². The fraction of sp³-hybridized carbons (Fsp3) is 0. The van der Waals surface area contributed by atoms with Crippen LogP contribution in [0.2, 0.25) is 0 Å². The van der Waals surface area contributed by atoms with Crippen molar-refractivity contribution in [1.29, 1.82) is 0 Å². The molecule has 0 bridgehead atoms. The molecule has 2 aromatic carbocycles. The van der Waals surface area contributed by atoms with Crippen LogP contribution in [0, 0.1) is 10.1 Å². The number of fused-ring (bicyclic) bond motifs is 1. The Labute approximate surface area is 143 Å². The molecule has 0 atom stereocenters. The molecule has 0 aliphatic rings. The smallest absolute Gasteiger partial charge is 0.362 e. The van der Waals surface area contributed by atoms with Crippen LogP contribution in [0.25, 0.3) is 22.9 Å². The van der Waals surface area contributed by atoms with Gasteiger partial charge in [0.2, 0.25) is 0 Å². The summed E-state index contributed by atoms with van der Waals surface area (Å²) in [7, 11) is 0. The summed E-state index contributed by atoms with van der Waals surface area (Å²) in [5.41, 5.74) is -0.331. The normalized spacial score (nSPS) is 11.6. The Morgan fingerprint density at radius 3 is 2.79 bits per heavy atom. The van der Waals surface area contributed by atoms with E-state index < -0.39 is 10.5 Å². The van der Waals surface area contributed by atoms with Gasteiger partial charge in [0, 0.05) is 22.2 Å². The van der Waals surface area contributed by atoms with Crippen molar-refractivity contribution in [3.8, 4) is 0 Å². The fourth-order valence-electron chi connectivity index (χ4n) is 2.07. The van der Waals surface area contributed by atoms with Crippen molar-refractivity contribution in [2.45, 2.75) is 0 Å². The number of nitro groups is 1. The number of nitrogens with zero attached hydrogens (tertiary/aromatic N) is 2. The van der Waals surface area contributed by atoms with E-state index in [-0.39, 0.29) is 28.2 Å². The number of hydrogen-bond acceptors (Lipinski definition) is 6. The first-order chi connectivity index (χ1) is 11.4. The molecular weight excluding hydrogens is 380 g/mol. The summed E-state index contributed by atoms with van der Waals surface area (Å²) in [5, 5.41) is 20.9. The average Bonchev–Trinajstić information content (AvgIpc) is 2.55. The van der Waals surface area contributed by atoms with Crippen LogP contribution in [-0.2, 0) is 0 Å². The number of aromatic nitrogens is 1. The topological polar surface area (TPSA) is 106 Å². The summed E-state index contributed by atoms with van der Waals surface area (Å²) in [4.78, 5) is 26.2. The zero-order chi connectivity index (χ0) is 17.3. The second kappa shape index (κ2) is 6.25. The van der Waals surface area contributed by atoms with Gasteiger partial charge in [-0.15, -0.1) is 0 Å². The second-order valence-corrected chi connectivity index (χ2v) is 5.75. The molecule has 7 nitrogen and oxygen atoms in total. The molecule has 1 heterocycles. The number of aliphatic hydroxyl groups excluding tert-OH is 1. The van der Waals surface area contributed by atoms with Gasteiger partial charge in [-0.05, 0) is 18.2 Å². The molecule has 1 N–H and O–H groups in total. The third kappa shape index (κ3) is 3.18. The molecule has 0 fully saturated rings. The molecule has 120 valence electrons. The maximum atomic E-state index is 12.0. The predicted octanol–water partition coefficient (Wildman–Crippen LogP) is 3.91. The van der Waals surface area contributed by atoms with Crippen molar-refractivity contribution in [2.75, 3.05) is 0 Å². The van der Waals surface area contributed by atoms with Crippen molar-refractivity contribution in [3.63, 3.8) is 0 Å². The summed E-state index contributed by atoms with van der Waals surface area (Å²) in [6, 6.07) is 10.7. The van der Waals surface area contributed by atoms with Crippen molar-refractivity contribution in [1.82, 2.24) is 4.98 Å². The molecule has 0 saturated heterocycles. The van der Waals surface area contributed by atoms with Crippen LogP contribution >= 0.6 is 15.9 Å². The van der Waals surface area contributed by atoms with Crippen molar-refractivity contribution < 1.29 is 14.4 Å². The van der Waals surface area contributed by atoms with Gasteiger partial charge in [0.15, 0.2) is 11.3 Å². The third-order valence-corrected chi connectivity index (χ3v) is 3.69. The Bertz CT molecular complexity index is 1040. The van der Waals surface area contributed by atoms with Gasteiger partial charge in [-0.25, -0.2) is 9.78 Å². The molecule has 0 aliphatic carbocycles. The van der Waals surface area contributed by atoms with Gasteiger partial charge in [0.05, 0.1) is 11.0 Å². The SMILES string of the molecule is O=c1oc2cc([N+](=O)[O-])ccc2nc1/C=C(\O)c1cccc(Br)c1. The predicted molar refractivity (Wildman–Crippen MR) is 91.6 cm³/mol. The van der Waals surface area contributed by atoms with Gasteiger partial charge in [-0.3, -0.25) is 10.1 Å². The van der Waals surface area contributed by atoms with E-state index in [0.29, 0.717) is 5.56 Å². The highest BCUT2D eigenvalue weighted by Gasteiger charge is 2.12. The third-order valence-electron chi connectivity index (χ3n) is 3.20. The van der Waals surface area contributed by atoms with E-state index in [4.69, 9.17) is 4.42 Å². The zero-order valence-corrected chi connectivity index (χ0v) is 13.6. The summed E-state index contributed by atoms with van der Waals surface area (Å²) >= 11 is 3.29. The quantitative estimate of drug-likeness (QED) is 0.414. The minimum absolute atomic E-state index is 0.00768. The minimum atomic E-state index is -0.801. The molecule has 3 aromatic rings. The van der Waals surface area contributed by atoms with Crippen molar-refractivity contribution >= 4 is 44.6 Å². The molecule has 0 spiro atoms. The molecule has 0 radical (unpaired) electrons. The van der Waals surface area contributed by atoms with E-state index in [1.54, 1.807) is 24.3 Å². The number of halogens is 1. The molecular formula is C16H9BrN2O5. The summed E-state index contributed by atoms with van der Waals surface area (Å²) < 4.78 is 5.83. The Hall–Kier alpha value is -3.00. The maximum absolute atomic E-state index is 12.0. The van der Waals surface area contributed by atoms with E-state index in [9.17, 15) is 20.0 Å². The lowest BCUT2D eigenvalue weighted by Gasteiger charge is -2.02. The molecule has 0 unspecified atom stereocenters. The lowest BCUT2D eigenvalue weighted by molar-refractivity contribution is -0.384. The highest BCUT2D eigenvalue weighted by atomic mass is 79.9. The number of hydrogen-bond donors (Lipinski definition) is 1. The van der Waals surface area contributed by atoms with Crippen molar-refractivity contribution in [2.24, 2.45) is 0 Å². The number of nitro benzene ring substituents is 1. The fourth-order valence-corrected chi connectivity index (χ4v) is 2.47. The van der Waals surface area contributed by atoms with Crippen LogP contribution in [0.15, 0.2) is 56.1 Å². The van der Waals surface area contributed by atoms with Crippen LogP contribution < -0.4 is 5.63 Å². The second-order valence-electron chi connectivity index (χ2n) is 4.84. The number of rotatable bonds is 3. The van der Waals surface area contributed by atoms with Crippen molar-refractivity contribution in [3.05, 3.63) is 78.7 Å². The Balaban J connectivity index is 2.08. The molecule has 1 aromatic heterocycles. The molecule has 0 aliphatic heterocycles. The summed E-state index contributed by atoms with van der Waals surface area (Å²) in [5.74, 6) is -0.155. The first-order valence-electron chi connectivity index (χ1n) is 6.70. The highest BCUT2D eigenvalue weighted by Crippen LogP contribution is 2.21. The van der Waals surface area contributed by atoms with E-state index >= 15 is 0 Å². The first-order valence-corrected chi connectivity index (χ1v) is 7.49. The van der Waals surface area contributed by atoms with Crippen LogP contribution in [0.5, 0.6) is 0 Å². The highest BCUT2D eigenvalue weighted by molar-refractivity contribution is 9.10. The Morgan fingerprint density at radius 2 is 2.08 bits per heavy atom. The van der Waals surface area contributed by atoms with Gasteiger partial charge in [-0.1, -0.05) is 28.1 Å². The monoisotopic (exact) mass is 388 g/mol. The summed E-state index contributed by atoms with van der Waals surface area (Å²) in [6.07, 6.45) is 1.19. The van der Waals surface area contributed by atoms with Crippen LogP contribution in [0.3, 0.4) is 0 Å². The molecule has 3 rings (SSSR count). The molecule has 8 heteroatoms. The van der Waals surface area contributed by atoms with Crippen LogP contribution in [0.4, 0.5) is 5.69 Å². The van der Waals surface area contributed by atoms with Gasteiger partial charge in [-0.2, -0.15) is 0 Å². The van der Waals surface area contributed by atoms with Gasteiger partial charge < -0.3 is 9.52 Å². The van der Waals surface area contributed by atoms with Gasteiger partial charge in [0.25, 0.3) is 5.69 Å². The molecule has 24 heavy (non-hydrogen) atoms. The van der Waals surface area contributed by atoms with E-state index in [0.717, 1.165) is 10.5 Å². The number of aliphatic hydroxyl groups is 1. The zero-order valence-electron chi connectivity index (χ0n) is 12.0. The first kappa shape index (κ1) is 15.9. The Kier molecular flexibility index (Phi) is 4.13. The van der Waals surface area contributed by atoms with E-state index in [2.05, 4.69) is 20.9 Å². The van der Waals surface area contributed by atoms with Gasteiger partial charge in [0.1, 0.15) is 11.3 Å². The average molecular weight is 389 g/mol. The maximum Gasteiger partial charge on any atom is 0.362 e. The largest absolute Gasteiger partial charge is 0.507 e. The van der Waals surface area contributed by atoms with E-state index in [1.807, 2.05) is 0 Å². The van der Waals surface area contributed by atoms with E-state index in [1.165, 1.54) is 18.2 Å². The minimum Gasteiger partial charge on any atom is -0.507 e. The lowest BCUT2D eigenvalue weighted by atomic mass is 10.1. The number of non-ortho nitro benzene ring substituents is 1.